The minimum Gasteiger partial charge on any atom is -0.487 e. The Morgan fingerprint density at radius 3 is 2.65 bits per heavy atom. The van der Waals surface area contributed by atoms with E-state index in [9.17, 15) is 18.4 Å². The molecule has 0 saturated carbocycles. The van der Waals surface area contributed by atoms with Crippen LogP contribution in [0.2, 0.25) is 0 Å². The number of nitrogens with one attached hydrogen (secondary N) is 1. The average Bonchev–Trinajstić information content (AvgIpc) is 2.75. The van der Waals surface area contributed by atoms with Crippen molar-refractivity contribution in [3.63, 3.8) is 0 Å². The minimum atomic E-state index is -0.746. The van der Waals surface area contributed by atoms with Gasteiger partial charge in [0.25, 0.3) is 11.5 Å². The van der Waals surface area contributed by atoms with Gasteiger partial charge in [-0.3, -0.25) is 14.2 Å². The number of aryl methyl sites for hydroxylation is 1. The number of rotatable bonds is 7. The van der Waals surface area contributed by atoms with Gasteiger partial charge in [0.05, 0.1) is 17.9 Å². The van der Waals surface area contributed by atoms with Gasteiger partial charge in [0.1, 0.15) is 28.5 Å². The Labute approximate surface area is 185 Å². The Bertz CT molecular complexity index is 1180. The molecule has 3 aromatic rings. The average molecular weight is 493 g/mol. The van der Waals surface area contributed by atoms with Gasteiger partial charge in [-0.15, -0.1) is 0 Å². The molecule has 0 fully saturated rings. The summed E-state index contributed by atoms with van der Waals surface area (Å²) in [5, 5.41) is 11.5. The number of ether oxygens (including phenoxy) is 1. The van der Waals surface area contributed by atoms with Crippen LogP contribution in [-0.2, 0) is 6.61 Å². The van der Waals surface area contributed by atoms with Crippen molar-refractivity contribution >= 4 is 21.8 Å². The molecule has 0 spiro atoms. The van der Waals surface area contributed by atoms with Crippen molar-refractivity contribution in [3.8, 4) is 11.4 Å². The molecule has 0 unspecified atom stereocenters. The number of hydrogen-bond donors (Lipinski definition) is 2. The molecule has 3 rings (SSSR count). The highest BCUT2D eigenvalue weighted by Gasteiger charge is 2.18. The molecule has 6 nitrogen and oxygen atoms in total. The molecule has 1 amide bonds. The predicted molar refractivity (Wildman–Crippen MR) is 115 cm³/mol. The zero-order valence-corrected chi connectivity index (χ0v) is 18.1. The van der Waals surface area contributed by atoms with E-state index in [4.69, 9.17) is 9.84 Å². The van der Waals surface area contributed by atoms with Crippen molar-refractivity contribution in [3.05, 3.63) is 91.8 Å². The fourth-order valence-corrected chi connectivity index (χ4v) is 3.41. The highest BCUT2D eigenvalue weighted by Crippen LogP contribution is 2.26. The Kier molecular flexibility index (Phi) is 7.19. The first-order chi connectivity index (χ1) is 14.8. The number of aliphatic hydroxyl groups is 1. The molecule has 1 heterocycles. The number of halogens is 3. The first-order valence-electron chi connectivity index (χ1n) is 9.30. The number of nitrogens with zero attached hydrogens (tertiary/aromatic N) is 1. The standard InChI is InChI=1S/C22H19BrF2N2O4/c1-13-10-19(31-12-14-6-7-15(24)11-17(14)25)20(23)22(30)27(13)18-5-3-2-4-16(18)21(29)26-8-9-28/h2-7,10-11,28H,8-9,12H2,1H3,(H,26,29). The molecule has 2 aromatic carbocycles. The van der Waals surface area contributed by atoms with Crippen LogP contribution in [0.1, 0.15) is 21.6 Å². The third kappa shape index (κ3) is 5.00. The molecule has 162 valence electrons. The van der Waals surface area contributed by atoms with Gasteiger partial charge in [-0.25, -0.2) is 8.78 Å². The summed E-state index contributed by atoms with van der Waals surface area (Å²) in [5.41, 5.74) is 0.760. The Balaban J connectivity index is 1.96. The van der Waals surface area contributed by atoms with Gasteiger partial charge in [0, 0.05) is 29.9 Å². The van der Waals surface area contributed by atoms with Gasteiger partial charge in [-0.1, -0.05) is 12.1 Å². The molecule has 9 heteroatoms. The predicted octanol–water partition coefficient (Wildman–Crippen LogP) is 3.49. The first kappa shape index (κ1) is 22.6. The van der Waals surface area contributed by atoms with Crippen LogP contribution >= 0.6 is 15.9 Å². The Morgan fingerprint density at radius 2 is 1.94 bits per heavy atom. The molecule has 0 saturated heterocycles. The van der Waals surface area contributed by atoms with Crippen molar-refractivity contribution in [1.29, 1.82) is 0 Å². The van der Waals surface area contributed by atoms with E-state index in [1.54, 1.807) is 37.3 Å². The van der Waals surface area contributed by atoms with Crippen LogP contribution in [0.4, 0.5) is 8.78 Å². The lowest BCUT2D eigenvalue weighted by atomic mass is 10.1. The summed E-state index contributed by atoms with van der Waals surface area (Å²) in [5.74, 6) is -1.68. The molecule has 0 bridgehead atoms. The van der Waals surface area contributed by atoms with E-state index in [0.717, 1.165) is 12.1 Å². The summed E-state index contributed by atoms with van der Waals surface area (Å²) in [4.78, 5) is 25.5. The fourth-order valence-electron chi connectivity index (χ4n) is 3.01. The van der Waals surface area contributed by atoms with Crippen molar-refractivity contribution in [1.82, 2.24) is 9.88 Å². The molecule has 1 aromatic heterocycles. The topological polar surface area (TPSA) is 80.6 Å². The summed E-state index contributed by atoms with van der Waals surface area (Å²) >= 11 is 3.22. The van der Waals surface area contributed by atoms with E-state index < -0.39 is 23.1 Å². The SMILES string of the molecule is Cc1cc(OCc2ccc(F)cc2F)c(Br)c(=O)n1-c1ccccc1C(=O)NCCO. The quantitative estimate of drug-likeness (QED) is 0.529. The number of amides is 1. The van der Waals surface area contributed by atoms with Crippen LogP contribution in [0, 0.1) is 18.6 Å². The second-order valence-corrected chi connectivity index (χ2v) is 7.42. The maximum atomic E-state index is 13.9. The second-order valence-electron chi connectivity index (χ2n) is 6.63. The number of pyridine rings is 1. The van der Waals surface area contributed by atoms with Crippen molar-refractivity contribution in [2.45, 2.75) is 13.5 Å². The molecular weight excluding hydrogens is 474 g/mol. The van der Waals surface area contributed by atoms with Gasteiger partial charge < -0.3 is 15.2 Å². The number of hydrogen-bond acceptors (Lipinski definition) is 4. The smallest absolute Gasteiger partial charge is 0.273 e. The zero-order valence-electron chi connectivity index (χ0n) is 16.5. The van der Waals surface area contributed by atoms with Crippen molar-refractivity contribution in [2.75, 3.05) is 13.2 Å². The lowest BCUT2D eigenvalue weighted by molar-refractivity contribution is 0.0944. The lowest BCUT2D eigenvalue weighted by Gasteiger charge is -2.17. The van der Waals surface area contributed by atoms with Crippen molar-refractivity contribution < 1.29 is 23.4 Å². The number of aromatic nitrogens is 1. The van der Waals surface area contributed by atoms with E-state index in [-0.39, 0.29) is 41.1 Å². The summed E-state index contributed by atoms with van der Waals surface area (Å²) in [6, 6.07) is 11.3. The third-order valence-electron chi connectivity index (χ3n) is 4.49. The van der Waals surface area contributed by atoms with Crippen LogP contribution < -0.4 is 15.6 Å². The van der Waals surface area contributed by atoms with Crippen molar-refractivity contribution in [2.24, 2.45) is 0 Å². The minimum absolute atomic E-state index is 0.0808. The molecule has 0 aliphatic rings. The number of aliphatic hydroxyl groups excluding tert-OH is 1. The Morgan fingerprint density at radius 1 is 1.19 bits per heavy atom. The highest BCUT2D eigenvalue weighted by atomic mass is 79.9. The summed E-state index contributed by atoms with van der Waals surface area (Å²) in [6.45, 7) is 1.34. The summed E-state index contributed by atoms with van der Waals surface area (Å²) in [7, 11) is 0. The maximum absolute atomic E-state index is 13.9. The monoisotopic (exact) mass is 492 g/mol. The van der Waals surface area contributed by atoms with Crippen LogP contribution in [0.25, 0.3) is 5.69 Å². The van der Waals surface area contributed by atoms with Crippen LogP contribution in [-0.4, -0.2) is 28.7 Å². The molecule has 0 aliphatic carbocycles. The van der Waals surface area contributed by atoms with Crippen LogP contribution in [0.3, 0.4) is 0 Å². The lowest BCUT2D eigenvalue weighted by Crippen LogP contribution is -2.29. The zero-order chi connectivity index (χ0) is 22.5. The van der Waals surface area contributed by atoms with E-state index in [0.29, 0.717) is 11.4 Å². The molecule has 2 N–H and O–H groups in total. The normalized spacial score (nSPS) is 10.7. The molecule has 0 radical (unpaired) electrons. The van der Waals surface area contributed by atoms with E-state index in [1.807, 2.05) is 0 Å². The fraction of sp³-hybridized carbons (Fsp3) is 0.182. The van der Waals surface area contributed by atoms with E-state index in [1.165, 1.54) is 10.6 Å². The molecular formula is C22H19BrF2N2O4. The van der Waals surface area contributed by atoms with Crippen LogP contribution in [0.5, 0.6) is 5.75 Å². The highest BCUT2D eigenvalue weighted by molar-refractivity contribution is 9.10. The molecule has 31 heavy (non-hydrogen) atoms. The molecule has 0 atom stereocenters. The van der Waals surface area contributed by atoms with Gasteiger partial charge >= 0.3 is 0 Å². The first-order valence-corrected chi connectivity index (χ1v) is 10.1. The summed E-state index contributed by atoms with van der Waals surface area (Å²) in [6.07, 6.45) is 0. The number of para-hydroxylation sites is 1. The van der Waals surface area contributed by atoms with Gasteiger partial charge in [-0.05, 0) is 47.1 Å². The number of benzene rings is 2. The third-order valence-corrected chi connectivity index (χ3v) is 5.22. The van der Waals surface area contributed by atoms with E-state index >= 15 is 0 Å². The Hall–Kier alpha value is -3.04. The van der Waals surface area contributed by atoms with Gasteiger partial charge in [-0.2, -0.15) is 0 Å². The second kappa shape index (κ2) is 9.84. The largest absolute Gasteiger partial charge is 0.487 e. The van der Waals surface area contributed by atoms with Gasteiger partial charge in [0.15, 0.2) is 0 Å². The number of carbonyl (C=O) groups excluding carboxylic acids is 1. The van der Waals surface area contributed by atoms with Crippen LogP contribution in [0.15, 0.2) is 57.8 Å². The summed E-state index contributed by atoms with van der Waals surface area (Å²) < 4.78 is 34.0. The molecule has 0 aliphatic heterocycles. The number of carbonyl (C=O) groups is 1. The maximum Gasteiger partial charge on any atom is 0.273 e. The van der Waals surface area contributed by atoms with Gasteiger partial charge in [0.2, 0.25) is 0 Å². The van der Waals surface area contributed by atoms with E-state index in [2.05, 4.69) is 21.2 Å².